The number of rotatable bonds is 0. The summed E-state index contributed by atoms with van der Waals surface area (Å²) in [5.41, 5.74) is 0. The van der Waals surface area contributed by atoms with Crippen molar-refractivity contribution in [2.45, 2.75) is 0 Å². The number of hydrogen-bond donors (Lipinski definition) is 0. The summed E-state index contributed by atoms with van der Waals surface area (Å²) < 4.78 is 0. The molecule has 0 saturated carbocycles. The van der Waals surface area contributed by atoms with Crippen LogP contribution in [0.1, 0.15) is 0 Å². The molecule has 0 aliphatic heterocycles. The molecule has 0 aliphatic carbocycles. The Labute approximate surface area is 34.1 Å². The lowest BCUT2D eigenvalue weighted by Gasteiger charge is -0.412. The predicted octanol–water partition coefficient (Wildman–Crippen LogP) is -0.595. The average Bonchev–Trinajstić information content (AvgIpc) is 0. The van der Waals surface area contributed by atoms with Gasteiger partial charge in [0.2, 0.25) is 0 Å². The summed E-state index contributed by atoms with van der Waals surface area (Å²) in [7, 11) is 0. The molecule has 0 spiro atoms. The first-order valence-corrected chi connectivity index (χ1v) is 0. The maximum atomic E-state index is 0. The first-order chi connectivity index (χ1) is 0. The van der Waals surface area contributed by atoms with Gasteiger partial charge >= 0.3 is 0 Å². The molecule has 6 heteroatoms. The van der Waals surface area contributed by atoms with Gasteiger partial charge in [0.15, 0.2) is 0 Å². The van der Waals surface area contributed by atoms with Gasteiger partial charge in [-0.15, -0.1) is 0 Å². The molecule has 1 nitrogen and oxygen atoms in total. The minimum Gasteiger partial charge on any atom is -0.412 e. The Morgan fingerprint density at radius 3 is 0.500 bits per heavy atom. The van der Waals surface area contributed by atoms with Crippen molar-refractivity contribution < 1.29 is 24.3 Å². The van der Waals surface area contributed by atoms with E-state index >= 15 is 0 Å². The molecule has 0 aromatic carbocycles. The van der Waals surface area contributed by atoms with Gasteiger partial charge < -0.3 is 5.48 Å². The molecule has 0 aromatic heterocycles. The van der Waals surface area contributed by atoms with E-state index in [1.807, 2.05) is 0 Å². The van der Waals surface area contributed by atoms with Gasteiger partial charge in [-0.05, 0) is 0 Å². The van der Waals surface area contributed by atoms with Crippen LogP contribution in [-0.4, -0.2) is 13.9 Å². The summed E-state index contributed by atoms with van der Waals surface area (Å²) >= 11 is 0. The van der Waals surface area contributed by atoms with E-state index < -0.39 is 0 Å². The van der Waals surface area contributed by atoms with Crippen LogP contribution in [0.2, 0.25) is 0 Å². The van der Waals surface area contributed by atoms with E-state index in [1.165, 1.54) is 0 Å². The van der Waals surface area contributed by atoms with Crippen LogP contribution < -0.4 is 0 Å². The second-order valence-electron chi connectivity index (χ2n) is 0. The Balaban J connectivity index is 0. The van der Waals surface area contributed by atoms with Crippen LogP contribution in [0.4, 0.5) is 18.8 Å². The molecule has 0 atom stereocenters. The van der Waals surface area contributed by atoms with Crippen LogP contribution in [-0.2, 0) is 0 Å². The first kappa shape index (κ1) is 1990. The zero-order valence-electron chi connectivity index (χ0n) is 2.71. The zero-order valence-corrected chi connectivity index (χ0v) is 2.71. The Kier molecular flexibility index (Phi) is 339000. The van der Waals surface area contributed by atoms with Crippen LogP contribution in [0.25, 0.3) is 0 Å². The van der Waals surface area contributed by atoms with E-state index in [9.17, 15) is 0 Å². The molecule has 0 bridgehead atoms. The van der Waals surface area contributed by atoms with Crippen molar-refractivity contribution in [2.75, 3.05) is 0 Å². The van der Waals surface area contributed by atoms with E-state index in [2.05, 4.69) is 0 Å². The third-order valence-corrected chi connectivity index (χ3v) is 0. The number of halogens is 4. The van der Waals surface area contributed by atoms with Gasteiger partial charge in [0.1, 0.15) is 0 Å². The zero-order chi connectivity index (χ0) is 0. The van der Waals surface area contributed by atoms with Gasteiger partial charge in [0.05, 0.1) is 0 Å². The van der Waals surface area contributed by atoms with Gasteiger partial charge in [0, 0.05) is 8.41 Å². The maximum Gasteiger partial charge on any atom is 0 e. The van der Waals surface area contributed by atoms with Gasteiger partial charge in [-0.3, -0.25) is 18.8 Å². The minimum atomic E-state index is 0. The molecule has 3 radical (unpaired) electrons. The molecular weight excluding hydrogens is 103 g/mol. The quantitative estimate of drug-likeness (QED) is 0.294. The molecule has 0 amide bonds. The normalized spacial score (nSPS) is 0. The topological polar surface area (TPSA) is 31.5 Å². The van der Waals surface area contributed by atoms with Crippen molar-refractivity contribution >= 4 is 8.41 Å². The molecule has 6 heavy (non-hydrogen) atoms. The van der Waals surface area contributed by atoms with Crippen LogP contribution in [0.5, 0.6) is 0 Å². The maximum absolute atomic E-state index is 0. The SMILES string of the molecule is F.F.F.F.O.[B]. The average molecular weight is 109 g/mol. The summed E-state index contributed by atoms with van der Waals surface area (Å²) in [4.78, 5) is 0. The highest BCUT2D eigenvalue weighted by atomic mass is 19.0. The molecular formula is H6BF4O. The predicted molar refractivity (Wildman–Crippen MR) is 19.4 cm³/mol. The first-order valence-electron chi connectivity index (χ1n) is 0. The molecule has 0 heterocycles. The second-order valence-corrected chi connectivity index (χ2v) is 0. The van der Waals surface area contributed by atoms with Gasteiger partial charge in [0.25, 0.3) is 0 Å². The lowest BCUT2D eigenvalue weighted by molar-refractivity contribution is 0.824. The van der Waals surface area contributed by atoms with Crippen LogP contribution in [0.15, 0.2) is 0 Å². The van der Waals surface area contributed by atoms with Crippen LogP contribution in [0.3, 0.4) is 0 Å². The molecule has 0 aromatic rings. The lowest BCUT2D eigenvalue weighted by atomic mass is 10.8. The van der Waals surface area contributed by atoms with E-state index in [-0.39, 0.29) is 32.7 Å². The molecule has 2 N–H and O–H groups in total. The van der Waals surface area contributed by atoms with E-state index in [4.69, 9.17) is 0 Å². The van der Waals surface area contributed by atoms with Gasteiger partial charge in [-0.25, -0.2) is 0 Å². The van der Waals surface area contributed by atoms with Gasteiger partial charge in [-0.1, -0.05) is 0 Å². The summed E-state index contributed by atoms with van der Waals surface area (Å²) in [5.74, 6) is 0. The minimum absolute atomic E-state index is 0. The van der Waals surface area contributed by atoms with Crippen LogP contribution >= 0.6 is 0 Å². The third-order valence-electron chi connectivity index (χ3n) is 0. The summed E-state index contributed by atoms with van der Waals surface area (Å²) in [6.45, 7) is 0. The summed E-state index contributed by atoms with van der Waals surface area (Å²) in [5, 5.41) is 0. The molecule has 0 saturated heterocycles. The molecule has 0 aliphatic rings. The second kappa shape index (κ2) is 1020. The van der Waals surface area contributed by atoms with E-state index in [0.29, 0.717) is 0 Å². The Morgan fingerprint density at radius 1 is 0.500 bits per heavy atom. The van der Waals surface area contributed by atoms with Crippen molar-refractivity contribution in [1.82, 2.24) is 0 Å². The fourth-order valence-electron chi connectivity index (χ4n) is 0. The smallest absolute Gasteiger partial charge is 0 e. The number of hydrogen-bond acceptors (Lipinski definition) is 0. The van der Waals surface area contributed by atoms with Crippen LogP contribution in [0, 0.1) is 0 Å². The third kappa shape index (κ3) is 434. The highest BCUT2D eigenvalue weighted by molar-refractivity contribution is 5.75. The van der Waals surface area contributed by atoms with E-state index in [1.54, 1.807) is 0 Å². The fourth-order valence-corrected chi connectivity index (χ4v) is 0. The largest absolute Gasteiger partial charge is 0.412 e. The fraction of sp³-hybridized carbons (Fsp3) is 0. The van der Waals surface area contributed by atoms with Crippen molar-refractivity contribution in [2.24, 2.45) is 0 Å². The van der Waals surface area contributed by atoms with Crippen molar-refractivity contribution in [3.05, 3.63) is 0 Å². The highest BCUT2D eigenvalue weighted by Gasteiger charge is 0.0000176. The Bertz CT molecular complexity index is 7.51. The summed E-state index contributed by atoms with van der Waals surface area (Å²) in [6.07, 6.45) is 0. The van der Waals surface area contributed by atoms with Crippen molar-refractivity contribution in [3.8, 4) is 0 Å². The standard InChI is InChI=1S/B.4FH.H2O/h;4*1H;1H2. The highest BCUT2D eigenvalue weighted by Crippen LogP contribution is 0.423. The summed E-state index contributed by atoms with van der Waals surface area (Å²) in [6, 6.07) is 0. The van der Waals surface area contributed by atoms with Gasteiger partial charge in [-0.2, -0.15) is 0 Å². The van der Waals surface area contributed by atoms with E-state index in [0.717, 1.165) is 0 Å². The Morgan fingerprint density at radius 2 is 0.500 bits per heavy atom. The Hall–Kier alpha value is -0.255. The molecule has 0 fully saturated rings. The van der Waals surface area contributed by atoms with Crippen molar-refractivity contribution in [1.29, 1.82) is 0 Å². The molecule has 0 unspecified atom stereocenters. The van der Waals surface area contributed by atoms with Crippen molar-refractivity contribution in [3.63, 3.8) is 0 Å². The molecule has 0 rings (SSSR count). The monoisotopic (exact) mass is 109 g/mol. The lowest BCUT2D eigenvalue weighted by Crippen LogP contribution is -0.381. The molecule has 43 valence electrons.